The van der Waals surface area contributed by atoms with Gasteiger partial charge in [0.25, 0.3) is 0 Å². The predicted molar refractivity (Wildman–Crippen MR) is 56.8 cm³/mol. The molecule has 0 saturated heterocycles. The Labute approximate surface area is 92.8 Å². The van der Waals surface area contributed by atoms with E-state index in [0.717, 1.165) is 0 Å². The van der Waals surface area contributed by atoms with Gasteiger partial charge in [-0.1, -0.05) is 30.3 Å². The molecule has 5 nitrogen and oxygen atoms in total. The Morgan fingerprint density at radius 2 is 1.94 bits per heavy atom. The van der Waals surface area contributed by atoms with Crippen LogP contribution in [0.5, 0.6) is 0 Å². The van der Waals surface area contributed by atoms with Gasteiger partial charge < -0.3 is 15.6 Å². The van der Waals surface area contributed by atoms with Gasteiger partial charge in [0.05, 0.1) is 6.61 Å². The number of carbonyl (C=O) groups excluding carboxylic acids is 2. The molecule has 0 aliphatic carbocycles. The average Bonchev–Trinajstić information content (AvgIpc) is 2.35. The summed E-state index contributed by atoms with van der Waals surface area (Å²) in [5.74, 6) is -1.09. The van der Waals surface area contributed by atoms with Gasteiger partial charge in [-0.2, -0.15) is 0 Å². The molecule has 1 atom stereocenters. The lowest BCUT2D eigenvalue weighted by molar-refractivity contribution is -0.144. The highest BCUT2D eigenvalue weighted by atomic mass is 16.5. The smallest absolute Gasteiger partial charge is 0.325 e. The molecule has 0 saturated carbocycles. The number of hydrogen-bond donors (Lipinski definition) is 2. The molecule has 3 N–H and O–H groups in total. The number of benzene rings is 1. The summed E-state index contributed by atoms with van der Waals surface area (Å²) in [6.07, 6.45) is 0. The van der Waals surface area contributed by atoms with Crippen molar-refractivity contribution in [3.8, 4) is 0 Å². The second kappa shape index (κ2) is 5.99. The van der Waals surface area contributed by atoms with Crippen LogP contribution in [0.15, 0.2) is 30.3 Å². The van der Waals surface area contributed by atoms with E-state index in [1.165, 1.54) is 0 Å². The third-order valence-corrected chi connectivity index (χ3v) is 1.94. The van der Waals surface area contributed by atoms with Crippen molar-refractivity contribution in [2.45, 2.75) is 6.04 Å². The monoisotopic (exact) mass is 223 g/mol. The maximum atomic E-state index is 11.5. The summed E-state index contributed by atoms with van der Waals surface area (Å²) < 4.78 is 4.64. The second-order valence-electron chi connectivity index (χ2n) is 3.19. The van der Waals surface area contributed by atoms with Crippen molar-refractivity contribution < 1.29 is 19.4 Å². The summed E-state index contributed by atoms with van der Waals surface area (Å²) >= 11 is 0. The lowest BCUT2D eigenvalue weighted by atomic mass is 10.1. The first kappa shape index (κ1) is 12.4. The Balaban J connectivity index is 2.45. The Morgan fingerprint density at radius 1 is 1.31 bits per heavy atom. The number of carbonyl (C=O) groups is 2. The molecule has 0 amide bonds. The zero-order valence-electron chi connectivity index (χ0n) is 8.63. The highest BCUT2D eigenvalue weighted by Crippen LogP contribution is 2.00. The standard InChI is InChI=1S/C11H13NO4/c12-9(6-13)11(15)16-7-10(14)8-4-2-1-3-5-8/h1-5,9,13H,6-7,12H2. The maximum absolute atomic E-state index is 11.5. The fourth-order valence-electron chi connectivity index (χ4n) is 1.03. The van der Waals surface area contributed by atoms with Gasteiger partial charge in [-0.15, -0.1) is 0 Å². The molecular weight excluding hydrogens is 210 g/mol. The van der Waals surface area contributed by atoms with E-state index in [-0.39, 0.29) is 12.4 Å². The van der Waals surface area contributed by atoms with Gasteiger partial charge in [0.15, 0.2) is 12.4 Å². The van der Waals surface area contributed by atoms with Crippen molar-refractivity contribution in [2.24, 2.45) is 5.73 Å². The topological polar surface area (TPSA) is 89.6 Å². The molecule has 1 aromatic rings. The quantitative estimate of drug-likeness (QED) is 0.530. The summed E-state index contributed by atoms with van der Waals surface area (Å²) in [4.78, 5) is 22.5. The second-order valence-corrected chi connectivity index (χ2v) is 3.19. The Kier molecular flexibility index (Phi) is 4.63. The summed E-state index contributed by atoms with van der Waals surface area (Å²) in [5.41, 5.74) is 5.67. The summed E-state index contributed by atoms with van der Waals surface area (Å²) in [6.45, 7) is -0.866. The van der Waals surface area contributed by atoms with Crippen LogP contribution in [0.4, 0.5) is 0 Å². The van der Waals surface area contributed by atoms with E-state index in [1.807, 2.05) is 0 Å². The van der Waals surface area contributed by atoms with Crippen LogP contribution >= 0.6 is 0 Å². The van der Waals surface area contributed by atoms with Crippen LogP contribution in [0.25, 0.3) is 0 Å². The number of hydrogen-bond acceptors (Lipinski definition) is 5. The molecule has 1 rings (SSSR count). The van der Waals surface area contributed by atoms with E-state index < -0.39 is 18.6 Å². The van der Waals surface area contributed by atoms with Crippen LogP contribution in [0.2, 0.25) is 0 Å². The van der Waals surface area contributed by atoms with Crippen LogP contribution in [-0.4, -0.2) is 36.1 Å². The number of aliphatic hydroxyl groups excluding tert-OH is 1. The van der Waals surface area contributed by atoms with Crippen molar-refractivity contribution in [1.82, 2.24) is 0 Å². The molecule has 16 heavy (non-hydrogen) atoms. The number of Topliss-reactive ketones (excluding diaryl/α,β-unsaturated/α-hetero) is 1. The fraction of sp³-hybridized carbons (Fsp3) is 0.273. The van der Waals surface area contributed by atoms with Gasteiger partial charge >= 0.3 is 5.97 Å². The Morgan fingerprint density at radius 3 is 2.50 bits per heavy atom. The molecule has 86 valence electrons. The molecule has 1 aromatic carbocycles. The van der Waals surface area contributed by atoms with Gasteiger partial charge in [0.2, 0.25) is 0 Å². The van der Waals surface area contributed by atoms with Gasteiger partial charge in [-0.25, -0.2) is 0 Å². The summed E-state index contributed by atoms with van der Waals surface area (Å²) in [5, 5.41) is 8.58. The molecule has 0 fully saturated rings. The number of rotatable bonds is 5. The van der Waals surface area contributed by atoms with Gasteiger partial charge in [-0.05, 0) is 0 Å². The number of ether oxygens (including phenoxy) is 1. The summed E-state index contributed by atoms with van der Waals surface area (Å²) in [7, 11) is 0. The molecule has 0 aliphatic rings. The van der Waals surface area contributed by atoms with Crippen molar-refractivity contribution >= 4 is 11.8 Å². The third kappa shape index (κ3) is 3.45. The average molecular weight is 223 g/mol. The summed E-state index contributed by atoms with van der Waals surface area (Å²) in [6, 6.07) is 7.38. The predicted octanol–water partition coefficient (Wildman–Crippen LogP) is -0.268. The van der Waals surface area contributed by atoms with Crippen molar-refractivity contribution in [3.63, 3.8) is 0 Å². The number of esters is 1. The molecule has 0 bridgehead atoms. The van der Waals surface area contributed by atoms with E-state index in [9.17, 15) is 9.59 Å². The van der Waals surface area contributed by atoms with Crippen LogP contribution in [0, 0.1) is 0 Å². The minimum absolute atomic E-state index is 0.306. The zero-order chi connectivity index (χ0) is 12.0. The molecule has 1 unspecified atom stereocenters. The van der Waals surface area contributed by atoms with E-state index in [1.54, 1.807) is 30.3 Å². The lowest BCUT2D eigenvalue weighted by Gasteiger charge is -2.07. The minimum atomic E-state index is -1.09. The fourth-order valence-corrected chi connectivity index (χ4v) is 1.03. The van der Waals surface area contributed by atoms with Crippen LogP contribution < -0.4 is 5.73 Å². The molecular formula is C11H13NO4. The van der Waals surface area contributed by atoms with Crippen LogP contribution in [0.1, 0.15) is 10.4 Å². The van der Waals surface area contributed by atoms with Crippen molar-refractivity contribution in [2.75, 3.05) is 13.2 Å². The van der Waals surface area contributed by atoms with Crippen LogP contribution in [0.3, 0.4) is 0 Å². The lowest BCUT2D eigenvalue weighted by Crippen LogP contribution is -2.36. The van der Waals surface area contributed by atoms with Gasteiger partial charge in [0, 0.05) is 5.56 Å². The normalized spacial score (nSPS) is 11.9. The van der Waals surface area contributed by atoms with Crippen molar-refractivity contribution in [1.29, 1.82) is 0 Å². The Hall–Kier alpha value is -1.72. The molecule has 0 spiro atoms. The van der Waals surface area contributed by atoms with Gasteiger partial charge in [-0.3, -0.25) is 9.59 Å². The van der Waals surface area contributed by atoms with E-state index in [4.69, 9.17) is 10.8 Å². The first-order valence-electron chi connectivity index (χ1n) is 4.76. The highest BCUT2D eigenvalue weighted by Gasteiger charge is 2.15. The van der Waals surface area contributed by atoms with Crippen molar-refractivity contribution in [3.05, 3.63) is 35.9 Å². The minimum Gasteiger partial charge on any atom is -0.456 e. The molecule has 0 radical (unpaired) electrons. The molecule has 0 aromatic heterocycles. The first-order chi connectivity index (χ1) is 7.65. The van der Waals surface area contributed by atoms with E-state index >= 15 is 0 Å². The number of aliphatic hydroxyl groups is 1. The van der Waals surface area contributed by atoms with Crippen LogP contribution in [-0.2, 0) is 9.53 Å². The molecule has 0 aliphatic heterocycles. The van der Waals surface area contributed by atoms with Gasteiger partial charge in [0.1, 0.15) is 6.04 Å². The van der Waals surface area contributed by atoms with E-state index in [2.05, 4.69) is 4.74 Å². The number of nitrogens with two attached hydrogens (primary N) is 1. The number of ketones is 1. The maximum Gasteiger partial charge on any atom is 0.325 e. The Bertz CT molecular complexity index is 364. The SMILES string of the molecule is NC(CO)C(=O)OCC(=O)c1ccccc1. The molecule has 5 heteroatoms. The first-order valence-corrected chi connectivity index (χ1v) is 4.76. The van der Waals surface area contributed by atoms with E-state index in [0.29, 0.717) is 5.56 Å². The highest BCUT2D eigenvalue weighted by molar-refractivity contribution is 5.98. The third-order valence-electron chi connectivity index (χ3n) is 1.94. The molecule has 0 heterocycles. The zero-order valence-corrected chi connectivity index (χ0v) is 8.63. The largest absolute Gasteiger partial charge is 0.456 e.